The first-order chi connectivity index (χ1) is 13.5. The van der Waals surface area contributed by atoms with Gasteiger partial charge in [0.25, 0.3) is 5.91 Å². The Morgan fingerprint density at radius 1 is 1.04 bits per heavy atom. The van der Waals surface area contributed by atoms with Crippen molar-refractivity contribution < 1.29 is 23.8 Å². The van der Waals surface area contributed by atoms with Gasteiger partial charge in [0.05, 0.1) is 14.2 Å². The van der Waals surface area contributed by atoms with E-state index in [0.717, 1.165) is 12.0 Å². The summed E-state index contributed by atoms with van der Waals surface area (Å²) >= 11 is 0. The molecule has 0 bridgehead atoms. The molecule has 0 radical (unpaired) electrons. The van der Waals surface area contributed by atoms with Gasteiger partial charge < -0.3 is 19.5 Å². The molecular formula is C22H27NO5. The quantitative estimate of drug-likeness (QED) is 0.668. The van der Waals surface area contributed by atoms with Crippen LogP contribution in [0.15, 0.2) is 48.5 Å². The van der Waals surface area contributed by atoms with Crippen LogP contribution in [0.2, 0.25) is 0 Å². The Labute approximate surface area is 165 Å². The lowest BCUT2D eigenvalue weighted by Crippen LogP contribution is -2.45. The molecule has 6 nitrogen and oxygen atoms in total. The number of benzene rings is 2. The number of rotatable bonds is 9. The number of hydrogen-bond donors (Lipinski definition) is 1. The first-order valence-electron chi connectivity index (χ1n) is 9.23. The molecule has 0 saturated carbocycles. The number of methoxy groups -OCH3 is 2. The molecule has 2 unspecified atom stereocenters. The summed E-state index contributed by atoms with van der Waals surface area (Å²) in [5.74, 6) is 0.101. The molecule has 0 fully saturated rings. The second kappa shape index (κ2) is 10.3. The maximum absolute atomic E-state index is 12.6. The number of esters is 1. The second-order valence-corrected chi connectivity index (χ2v) is 6.50. The van der Waals surface area contributed by atoms with Gasteiger partial charge in [0.15, 0.2) is 11.5 Å². The van der Waals surface area contributed by atoms with Gasteiger partial charge in [-0.25, -0.2) is 4.79 Å². The molecule has 2 atom stereocenters. The van der Waals surface area contributed by atoms with Gasteiger partial charge in [-0.1, -0.05) is 50.6 Å². The van der Waals surface area contributed by atoms with E-state index in [0.29, 0.717) is 23.7 Å². The van der Waals surface area contributed by atoms with Crippen molar-refractivity contribution in [2.45, 2.75) is 32.9 Å². The summed E-state index contributed by atoms with van der Waals surface area (Å²) in [4.78, 5) is 24.6. The molecule has 1 N–H and O–H groups in total. The third-order valence-electron chi connectivity index (χ3n) is 4.62. The van der Waals surface area contributed by atoms with Crippen molar-refractivity contribution >= 4 is 11.9 Å². The van der Waals surface area contributed by atoms with Crippen LogP contribution >= 0.6 is 0 Å². The molecule has 1 amide bonds. The summed E-state index contributed by atoms with van der Waals surface area (Å²) in [7, 11) is 2.83. The number of nitrogens with one attached hydrogen (secondary N) is 1. The minimum atomic E-state index is -0.706. The highest BCUT2D eigenvalue weighted by Crippen LogP contribution is 2.29. The van der Waals surface area contributed by atoms with Crippen molar-refractivity contribution in [3.8, 4) is 11.5 Å². The van der Waals surface area contributed by atoms with E-state index in [-0.39, 0.29) is 11.8 Å². The Balaban J connectivity index is 2.12. The predicted octanol–water partition coefficient (Wildman–Crippen LogP) is 3.59. The van der Waals surface area contributed by atoms with Crippen molar-refractivity contribution in [1.82, 2.24) is 5.32 Å². The van der Waals surface area contributed by atoms with E-state index in [1.807, 2.05) is 44.2 Å². The van der Waals surface area contributed by atoms with Gasteiger partial charge in [-0.2, -0.15) is 0 Å². The van der Waals surface area contributed by atoms with Crippen LogP contribution in [-0.4, -0.2) is 32.1 Å². The molecule has 0 spiro atoms. The molecule has 0 saturated heterocycles. The molecule has 2 aromatic rings. The number of ether oxygens (including phenoxy) is 3. The standard InChI is InChI=1S/C22H27NO5/c1-5-15(2)20(22(25)27-4)23-21(24)17-11-12-18(19(13-17)26-3)28-14-16-9-7-6-8-10-16/h6-13,15,20H,5,14H2,1-4H3,(H,23,24). The molecule has 0 heterocycles. The van der Waals surface area contributed by atoms with Crippen LogP contribution in [0.3, 0.4) is 0 Å². The summed E-state index contributed by atoms with van der Waals surface area (Å²) in [6, 6.07) is 14.0. The molecule has 0 aromatic heterocycles. The lowest BCUT2D eigenvalue weighted by Gasteiger charge is -2.22. The summed E-state index contributed by atoms with van der Waals surface area (Å²) in [5, 5.41) is 2.75. The molecule has 28 heavy (non-hydrogen) atoms. The predicted molar refractivity (Wildman–Crippen MR) is 106 cm³/mol. The summed E-state index contributed by atoms with van der Waals surface area (Å²) < 4.78 is 16.0. The van der Waals surface area contributed by atoms with Crippen molar-refractivity contribution in [2.24, 2.45) is 5.92 Å². The van der Waals surface area contributed by atoms with E-state index < -0.39 is 12.0 Å². The van der Waals surface area contributed by atoms with Crippen molar-refractivity contribution in [1.29, 1.82) is 0 Å². The number of amides is 1. The Kier molecular flexibility index (Phi) is 7.87. The summed E-state index contributed by atoms with van der Waals surface area (Å²) in [6.07, 6.45) is 0.732. The number of carbonyl (C=O) groups is 2. The van der Waals surface area contributed by atoms with E-state index in [1.165, 1.54) is 14.2 Å². The summed E-state index contributed by atoms with van der Waals surface area (Å²) in [6.45, 7) is 4.23. The SMILES string of the molecule is CCC(C)C(NC(=O)c1ccc(OCc2ccccc2)c(OC)c1)C(=O)OC. The lowest BCUT2D eigenvalue weighted by atomic mass is 9.99. The van der Waals surface area contributed by atoms with Gasteiger partial charge >= 0.3 is 5.97 Å². The molecule has 6 heteroatoms. The summed E-state index contributed by atoms with van der Waals surface area (Å²) in [5.41, 5.74) is 1.40. The number of carbonyl (C=O) groups excluding carboxylic acids is 2. The van der Waals surface area contributed by atoms with Gasteiger partial charge in [0.2, 0.25) is 0 Å². The first kappa shape index (κ1) is 21.3. The van der Waals surface area contributed by atoms with Crippen LogP contribution < -0.4 is 14.8 Å². The van der Waals surface area contributed by atoms with E-state index in [4.69, 9.17) is 14.2 Å². The van der Waals surface area contributed by atoms with E-state index >= 15 is 0 Å². The molecule has 150 valence electrons. The maximum Gasteiger partial charge on any atom is 0.328 e. The molecule has 2 rings (SSSR count). The average molecular weight is 385 g/mol. The highest BCUT2D eigenvalue weighted by molar-refractivity contribution is 5.97. The first-order valence-corrected chi connectivity index (χ1v) is 9.23. The maximum atomic E-state index is 12.6. The van der Waals surface area contributed by atoms with Crippen molar-refractivity contribution in [3.63, 3.8) is 0 Å². The minimum Gasteiger partial charge on any atom is -0.493 e. The van der Waals surface area contributed by atoms with Gasteiger partial charge in [0.1, 0.15) is 12.6 Å². The molecule has 2 aromatic carbocycles. The Morgan fingerprint density at radius 2 is 1.75 bits per heavy atom. The van der Waals surface area contributed by atoms with Gasteiger partial charge in [-0.3, -0.25) is 4.79 Å². The zero-order chi connectivity index (χ0) is 20.5. The number of hydrogen-bond acceptors (Lipinski definition) is 5. The van der Waals surface area contributed by atoms with E-state index in [1.54, 1.807) is 18.2 Å². The molecule has 0 aliphatic rings. The topological polar surface area (TPSA) is 73.9 Å². The Bertz CT molecular complexity index is 791. The Morgan fingerprint density at radius 3 is 2.36 bits per heavy atom. The normalized spacial score (nSPS) is 12.6. The monoisotopic (exact) mass is 385 g/mol. The van der Waals surface area contributed by atoms with Crippen LogP contribution in [0.5, 0.6) is 11.5 Å². The minimum absolute atomic E-state index is 0.0493. The average Bonchev–Trinajstić information content (AvgIpc) is 2.75. The van der Waals surface area contributed by atoms with Crippen molar-refractivity contribution in [2.75, 3.05) is 14.2 Å². The van der Waals surface area contributed by atoms with Crippen LogP contribution in [0.4, 0.5) is 0 Å². The lowest BCUT2D eigenvalue weighted by molar-refractivity contribution is -0.144. The van der Waals surface area contributed by atoms with Crippen LogP contribution in [0, 0.1) is 5.92 Å². The fourth-order valence-corrected chi connectivity index (χ4v) is 2.68. The van der Waals surface area contributed by atoms with Crippen LogP contribution in [-0.2, 0) is 16.1 Å². The fraction of sp³-hybridized carbons (Fsp3) is 0.364. The second-order valence-electron chi connectivity index (χ2n) is 6.50. The smallest absolute Gasteiger partial charge is 0.328 e. The van der Waals surface area contributed by atoms with Crippen LogP contribution in [0.25, 0.3) is 0 Å². The molecular weight excluding hydrogens is 358 g/mol. The van der Waals surface area contributed by atoms with E-state index in [9.17, 15) is 9.59 Å². The van der Waals surface area contributed by atoms with Gasteiger partial charge in [-0.15, -0.1) is 0 Å². The Hall–Kier alpha value is -3.02. The fourth-order valence-electron chi connectivity index (χ4n) is 2.68. The van der Waals surface area contributed by atoms with Crippen molar-refractivity contribution in [3.05, 3.63) is 59.7 Å². The highest BCUT2D eigenvalue weighted by Gasteiger charge is 2.27. The highest BCUT2D eigenvalue weighted by atomic mass is 16.5. The molecule has 0 aliphatic carbocycles. The largest absolute Gasteiger partial charge is 0.493 e. The van der Waals surface area contributed by atoms with E-state index in [2.05, 4.69) is 5.32 Å². The van der Waals surface area contributed by atoms with Gasteiger partial charge in [-0.05, 0) is 29.7 Å². The van der Waals surface area contributed by atoms with Crippen LogP contribution in [0.1, 0.15) is 36.2 Å². The zero-order valence-electron chi connectivity index (χ0n) is 16.7. The molecule has 0 aliphatic heterocycles. The third kappa shape index (κ3) is 5.49. The third-order valence-corrected chi connectivity index (χ3v) is 4.62. The van der Waals surface area contributed by atoms with Gasteiger partial charge in [0, 0.05) is 5.56 Å². The zero-order valence-corrected chi connectivity index (χ0v) is 16.7.